The first kappa shape index (κ1) is 12.4. The molecule has 4 atom stereocenters. The zero-order chi connectivity index (χ0) is 11.6. The Morgan fingerprint density at radius 2 is 1.94 bits per heavy atom. The Kier molecular flexibility index (Phi) is 3.94. The molecule has 2 fully saturated rings. The zero-order valence-electron chi connectivity index (χ0n) is 11.3. The minimum atomic E-state index is 0.528. The van der Waals surface area contributed by atoms with Crippen LogP contribution in [0.15, 0.2) is 0 Å². The summed E-state index contributed by atoms with van der Waals surface area (Å²) in [6, 6.07) is 0. The zero-order valence-corrected chi connectivity index (χ0v) is 11.3. The molecular weight excluding hydrogens is 196 g/mol. The lowest BCUT2D eigenvalue weighted by Gasteiger charge is -2.55. The summed E-state index contributed by atoms with van der Waals surface area (Å²) < 4.78 is 5.89. The van der Waals surface area contributed by atoms with E-state index in [9.17, 15) is 0 Å². The molecule has 1 nitrogen and oxygen atoms in total. The minimum absolute atomic E-state index is 0.528. The molecule has 2 rings (SSSR count). The van der Waals surface area contributed by atoms with Crippen molar-refractivity contribution in [3.05, 3.63) is 0 Å². The highest BCUT2D eigenvalue weighted by Gasteiger charge is 2.51. The molecular formula is C15H28O. The van der Waals surface area contributed by atoms with Crippen LogP contribution in [-0.2, 0) is 4.74 Å². The van der Waals surface area contributed by atoms with Crippen LogP contribution in [0.5, 0.6) is 0 Å². The number of ether oxygens (including phenoxy) is 1. The summed E-state index contributed by atoms with van der Waals surface area (Å²) in [7, 11) is 1.94. The Balaban J connectivity index is 2.27. The van der Waals surface area contributed by atoms with E-state index >= 15 is 0 Å². The molecule has 0 amide bonds. The van der Waals surface area contributed by atoms with Crippen molar-refractivity contribution < 1.29 is 4.74 Å². The van der Waals surface area contributed by atoms with Crippen molar-refractivity contribution in [1.82, 2.24) is 0 Å². The summed E-state index contributed by atoms with van der Waals surface area (Å²) in [4.78, 5) is 0. The summed E-state index contributed by atoms with van der Waals surface area (Å²) in [5.74, 6) is 1.79. The van der Waals surface area contributed by atoms with E-state index in [1.165, 1.54) is 51.4 Å². The third-order valence-corrected chi connectivity index (χ3v) is 5.57. The minimum Gasteiger partial charge on any atom is -0.381 e. The van der Waals surface area contributed by atoms with E-state index < -0.39 is 0 Å². The van der Waals surface area contributed by atoms with Crippen molar-refractivity contribution in [2.75, 3.05) is 7.11 Å². The van der Waals surface area contributed by atoms with Crippen LogP contribution in [0.2, 0.25) is 0 Å². The lowest BCUT2D eigenvalue weighted by atomic mass is 9.53. The van der Waals surface area contributed by atoms with Gasteiger partial charge in [0.05, 0.1) is 6.10 Å². The van der Waals surface area contributed by atoms with Gasteiger partial charge in [0.2, 0.25) is 0 Å². The van der Waals surface area contributed by atoms with Gasteiger partial charge < -0.3 is 4.74 Å². The highest BCUT2D eigenvalue weighted by molar-refractivity contribution is 5.00. The number of hydrogen-bond acceptors (Lipinski definition) is 1. The molecule has 0 aromatic carbocycles. The smallest absolute Gasteiger partial charge is 0.0632 e. The monoisotopic (exact) mass is 224 g/mol. The second-order valence-electron chi connectivity index (χ2n) is 6.02. The van der Waals surface area contributed by atoms with Gasteiger partial charge in [0, 0.05) is 12.5 Å². The lowest BCUT2D eigenvalue weighted by Crippen LogP contribution is -2.51. The maximum Gasteiger partial charge on any atom is 0.0632 e. The van der Waals surface area contributed by atoms with Crippen molar-refractivity contribution in [2.24, 2.45) is 17.3 Å². The van der Waals surface area contributed by atoms with Gasteiger partial charge in [-0.15, -0.1) is 0 Å². The Hall–Kier alpha value is -0.0400. The molecule has 0 aromatic heterocycles. The van der Waals surface area contributed by atoms with Crippen molar-refractivity contribution in [3.8, 4) is 0 Å². The van der Waals surface area contributed by atoms with Crippen molar-refractivity contribution in [3.63, 3.8) is 0 Å². The maximum atomic E-state index is 5.89. The Morgan fingerprint density at radius 3 is 2.62 bits per heavy atom. The van der Waals surface area contributed by atoms with Crippen LogP contribution in [0.25, 0.3) is 0 Å². The molecule has 0 N–H and O–H groups in total. The largest absolute Gasteiger partial charge is 0.381 e. The first-order valence-electron chi connectivity index (χ1n) is 7.28. The SMILES string of the molecule is CCC1CCCC(C)C12CCCCC2OC. The Labute approximate surface area is 101 Å². The number of rotatable bonds is 2. The molecule has 16 heavy (non-hydrogen) atoms. The summed E-state index contributed by atoms with van der Waals surface area (Å²) in [6.07, 6.45) is 11.7. The molecule has 0 aromatic rings. The first-order valence-corrected chi connectivity index (χ1v) is 7.28. The van der Waals surface area contributed by atoms with E-state index in [2.05, 4.69) is 13.8 Å². The number of hydrogen-bond donors (Lipinski definition) is 0. The second-order valence-corrected chi connectivity index (χ2v) is 6.02. The van der Waals surface area contributed by atoms with Crippen LogP contribution in [0, 0.1) is 17.3 Å². The van der Waals surface area contributed by atoms with Crippen molar-refractivity contribution in [1.29, 1.82) is 0 Å². The predicted octanol–water partition coefficient (Wildman–Crippen LogP) is 4.41. The third-order valence-electron chi connectivity index (χ3n) is 5.57. The van der Waals surface area contributed by atoms with E-state index in [1.54, 1.807) is 0 Å². The predicted molar refractivity (Wildman–Crippen MR) is 68.5 cm³/mol. The van der Waals surface area contributed by atoms with Crippen molar-refractivity contribution >= 4 is 0 Å². The summed E-state index contributed by atoms with van der Waals surface area (Å²) in [6.45, 7) is 4.87. The number of methoxy groups -OCH3 is 1. The molecule has 2 saturated carbocycles. The molecule has 4 unspecified atom stereocenters. The highest BCUT2D eigenvalue weighted by atomic mass is 16.5. The normalized spacial score (nSPS) is 44.8. The molecule has 0 heterocycles. The molecule has 2 aliphatic carbocycles. The molecule has 1 spiro atoms. The van der Waals surface area contributed by atoms with Gasteiger partial charge in [0.15, 0.2) is 0 Å². The molecule has 2 aliphatic rings. The fourth-order valence-corrected chi connectivity index (χ4v) is 4.75. The fourth-order valence-electron chi connectivity index (χ4n) is 4.75. The van der Waals surface area contributed by atoms with Gasteiger partial charge in [-0.2, -0.15) is 0 Å². The van der Waals surface area contributed by atoms with Crippen LogP contribution in [0.3, 0.4) is 0 Å². The molecule has 1 heteroatoms. The van der Waals surface area contributed by atoms with Gasteiger partial charge >= 0.3 is 0 Å². The quantitative estimate of drug-likeness (QED) is 0.675. The Bertz CT molecular complexity index is 213. The molecule has 0 bridgehead atoms. The summed E-state index contributed by atoms with van der Waals surface area (Å²) in [5.41, 5.74) is 0.528. The van der Waals surface area contributed by atoms with Crippen molar-refractivity contribution in [2.45, 2.75) is 71.3 Å². The third kappa shape index (κ3) is 1.81. The molecule has 94 valence electrons. The van der Waals surface area contributed by atoms with Gasteiger partial charge in [-0.25, -0.2) is 0 Å². The van der Waals surface area contributed by atoms with Crippen LogP contribution >= 0.6 is 0 Å². The van der Waals surface area contributed by atoms with Gasteiger partial charge in [0.25, 0.3) is 0 Å². The van der Waals surface area contributed by atoms with Crippen LogP contribution < -0.4 is 0 Å². The second kappa shape index (κ2) is 5.08. The molecule has 0 aliphatic heterocycles. The average Bonchev–Trinajstić information content (AvgIpc) is 2.33. The van der Waals surface area contributed by atoms with E-state index in [4.69, 9.17) is 4.74 Å². The maximum absolute atomic E-state index is 5.89. The van der Waals surface area contributed by atoms with Crippen LogP contribution in [0.1, 0.15) is 65.2 Å². The van der Waals surface area contributed by atoms with E-state index in [1.807, 2.05) is 7.11 Å². The fraction of sp³-hybridized carbons (Fsp3) is 1.00. The highest BCUT2D eigenvalue weighted by Crippen LogP contribution is 2.56. The van der Waals surface area contributed by atoms with Crippen LogP contribution in [0.4, 0.5) is 0 Å². The van der Waals surface area contributed by atoms with E-state index in [0.717, 1.165) is 11.8 Å². The van der Waals surface area contributed by atoms with Gasteiger partial charge in [0.1, 0.15) is 0 Å². The molecule has 0 radical (unpaired) electrons. The van der Waals surface area contributed by atoms with Gasteiger partial charge in [-0.1, -0.05) is 46.0 Å². The summed E-state index contributed by atoms with van der Waals surface area (Å²) >= 11 is 0. The van der Waals surface area contributed by atoms with Gasteiger partial charge in [-0.05, 0) is 31.1 Å². The topological polar surface area (TPSA) is 9.23 Å². The van der Waals surface area contributed by atoms with E-state index in [0.29, 0.717) is 11.5 Å². The Morgan fingerprint density at radius 1 is 1.12 bits per heavy atom. The molecule has 0 saturated heterocycles. The standard InChI is InChI=1S/C15H28O/c1-4-13-9-7-8-12(2)15(13)11-6-5-10-14(15)16-3/h12-14H,4-11H2,1-3H3. The summed E-state index contributed by atoms with van der Waals surface area (Å²) in [5, 5.41) is 0. The van der Waals surface area contributed by atoms with Gasteiger partial charge in [-0.3, -0.25) is 0 Å². The first-order chi connectivity index (χ1) is 7.75. The average molecular weight is 224 g/mol. The van der Waals surface area contributed by atoms with Crippen LogP contribution in [-0.4, -0.2) is 13.2 Å². The van der Waals surface area contributed by atoms with E-state index in [-0.39, 0.29) is 0 Å². The lowest BCUT2D eigenvalue weighted by molar-refractivity contribution is -0.127.